The largest absolute Gasteiger partial charge is 0.496 e. The van der Waals surface area contributed by atoms with E-state index in [0.29, 0.717) is 12.3 Å². The molecule has 2 aliphatic rings. The fraction of sp³-hybridized carbons (Fsp3) is 0.529. The molecule has 1 aromatic rings. The molecule has 3 amide bonds. The Morgan fingerprint density at radius 1 is 1.23 bits per heavy atom. The number of sulfonamides is 1. The van der Waals surface area contributed by atoms with Crippen molar-refractivity contribution in [3.05, 3.63) is 23.8 Å². The molecule has 0 bridgehead atoms. The molecule has 2 heterocycles. The number of nitrogens with zero attached hydrogens (tertiary/aromatic N) is 2. The SMILES string of the molecule is CCN1C(=O)NC2(CCN(S(=O)(=O)c3ccc(OC)c(C)c3)CC2)C1=O. The van der Waals surface area contributed by atoms with Crippen LogP contribution >= 0.6 is 0 Å². The molecule has 0 radical (unpaired) electrons. The van der Waals surface area contributed by atoms with Gasteiger partial charge in [-0.25, -0.2) is 13.2 Å². The Morgan fingerprint density at radius 3 is 2.38 bits per heavy atom. The van der Waals surface area contributed by atoms with Gasteiger partial charge in [-0.3, -0.25) is 9.69 Å². The zero-order valence-corrected chi connectivity index (χ0v) is 15.9. The van der Waals surface area contributed by atoms with Crippen LogP contribution in [0.5, 0.6) is 5.75 Å². The van der Waals surface area contributed by atoms with Crippen LogP contribution in [-0.2, 0) is 14.8 Å². The molecule has 142 valence electrons. The number of benzene rings is 1. The molecule has 26 heavy (non-hydrogen) atoms. The number of aryl methyl sites for hydroxylation is 1. The van der Waals surface area contributed by atoms with Crippen LogP contribution in [0.15, 0.2) is 23.1 Å². The lowest BCUT2D eigenvalue weighted by atomic mass is 9.88. The summed E-state index contributed by atoms with van der Waals surface area (Å²) in [4.78, 5) is 25.8. The smallest absolute Gasteiger partial charge is 0.325 e. The number of carbonyl (C=O) groups excluding carboxylic acids is 2. The summed E-state index contributed by atoms with van der Waals surface area (Å²) in [5, 5.41) is 2.76. The van der Waals surface area contributed by atoms with Crippen LogP contribution in [0.1, 0.15) is 25.3 Å². The zero-order chi connectivity index (χ0) is 19.1. The zero-order valence-electron chi connectivity index (χ0n) is 15.1. The molecular formula is C17H23N3O5S. The number of urea groups is 1. The van der Waals surface area contributed by atoms with Crippen LogP contribution < -0.4 is 10.1 Å². The van der Waals surface area contributed by atoms with Crippen LogP contribution in [-0.4, -0.2) is 61.8 Å². The molecule has 3 rings (SSSR count). The molecular weight excluding hydrogens is 358 g/mol. The lowest BCUT2D eigenvalue weighted by molar-refractivity contribution is -0.132. The topological polar surface area (TPSA) is 96.0 Å². The summed E-state index contributed by atoms with van der Waals surface area (Å²) in [6.45, 7) is 4.19. The molecule has 0 aliphatic carbocycles. The van der Waals surface area contributed by atoms with Gasteiger partial charge in [0.05, 0.1) is 12.0 Å². The number of rotatable bonds is 4. The summed E-state index contributed by atoms with van der Waals surface area (Å²) in [6, 6.07) is 4.33. The van der Waals surface area contributed by atoms with Crippen molar-refractivity contribution in [2.75, 3.05) is 26.7 Å². The minimum atomic E-state index is -3.67. The van der Waals surface area contributed by atoms with Crippen molar-refractivity contribution in [1.29, 1.82) is 0 Å². The van der Waals surface area contributed by atoms with E-state index in [2.05, 4.69) is 5.32 Å². The van der Waals surface area contributed by atoms with Crippen molar-refractivity contribution >= 4 is 22.0 Å². The first-order valence-electron chi connectivity index (χ1n) is 8.54. The quantitative estimate of drug-likeness (QED) is 0.788. The Kier molecular flexibility index (Phi) is 4.70. The second-order valence-electron chi connectivity index (χ2n) is 6.60. The van der Waals surface area contributed by atoms with E-state index in [0.717, 1.165) is 5.56 Å². The Labute approximate surface area is 153 Å². The van der Waals surface area contributed by atoms with Gasteiger partial charge < -0.3 is 10.1 Å². The third kappa shape index (κ3) is 2.84. The van der Waals surface area contributed by atoms with E-state index in [4.69, 9.17) is 4.74 Å². The number of amides is 3. The summed E-state index contributed by atoms with van der Waals surface area (Å²) in [7, 11) is -2.13. The number of likely N-dealkylation sites (N-methyl/N-ethyl adjacent to an activating group) is 1. The number of carbonyl (C=O) groups is 2. The Morgan fingerprint density at radius 2 is 1.88 bits per heavy atom. The maximum absolute atomic E-state index is 12.9. The highest BCUT2D eigenvalue weighted by molar-refractivity contribution is 7.89. The second-order valence-corrected chi connectivity index (χ2v) is 8.54. The first kappa shape index (κ1) is 18.7. The van der Waals surface area contributed by atoms with Crippen LogP contribution in [0.2, 0.25) is 0 Å². The molecule has 0 unspecified atom stereocenters. The molecule has 2 saturated heterocycles. The second kappa shape index (κ2) is 6.55. The third-order valence-electron chi connectivity index (χ3n) is 5.14. The number of methoxy groups -OCH3 is 1. The van der Waals surface area contributed by atoms with E-state index in [-0.39, 0.29) is 36.7 Å². The van der Waals surface area contributed by atoms with E-state index in [1.807, 2.05) is 0 Å². The summed E-state index contributed by atoms with van der Waals surface area (Å²) in [5.41, 5.74) is -0.242. The van der Waals surface area contributed by atoms with Crippen molar-refractivity contribution in [1.82, 2.24) is 14.5 Å². The molecule has 9 heteroatoms. The third-order valence-corrected chi connectivity index (χ3v) is 7.04. The van der Waals surface area contributed by atoms with Crippen molar-refractivity contribution in [2.24, 2.45) is 0 Å². The number of ether oxygens (including phenoxy) is 1. The van der Waals surface area contributed by atoms with Gasteiger partial charge in [0.15, 0.2) is 0 Å². The van der Waals surface area contributed by atoms with Crippen molar-refractivity contribution in [3.8, 4) is 5.75 Å². The molecule has 1 aromatic carbocycles. The minimum Gasteiger partial charge on any atom is -0.496 e. The highest BCUT2D eigenvalue weighted by Crippen LogP contribution is 2.32. The van der Waals surface area contributed by atoms with E-state index in [1.165, 1.54) is 22.4 Å². The summed E-state index contributed by atoms with van der Waals surface area (Å²) < 4.78 is 32.4. The normalized spacial score (nSPS) is 20.5. The first-order chi connectivity index (χ1) is 12.2. The number of imide groups is 1. The van der Waals surface area contributed by atoms with Gasteiger partial charge in [0, 0.05) is 19.6 Å². The molecule has 1 N–H and O–H groups in total. The van der Waals surface area contributed by atoms with E-state index in [1.54, 1.807) is 26.0 Å². The Bertz CT molecular complexity index is 844. The molecule has 0 saturated carbocycles. The summed E-state index contributed by atoms with van der Waals surface area (Å²) in [5.74, 6) is 0.364. The van der Waals surface area contributed by atoms with Gasteiger partial charge in [0.25, 0.3) is 5.91 Å². The number of nitrogens with one attached hydrogen (secondary N) is 1. The molecule has 2 fully saturated rings. The monoisotopic (exact) mass is 381 g/mol. The van der Waals surface area contributed by atoms with Crippen molar-refractivity contribution < 1.29 is 22.7 Å². The predicted molar refractivity (Wildman–Crippen MR) is 94.4 cm³/mol. The van der Waals surface area contributed by atoms with Gasteiger partial charge >= 0.3 is 6.03 Å². The standard InChI is InChI=1S/C17H23N3O5S/c1-4-20-15(21)17(18-16(20)22)7-9-19(10-8-17)26(23,24)13-5-6-14(25-3)12(2)11-13/h5-6,11H,4,7-10H2,1-3H3,(H,18,22). The van der Waals surface area contributed by atoms with Crippen LogP contribution in [0.4, 0.5) is 4.79 Å². The number of piperidine rings is 1. The van der Waals surface area contributed by atoms with Gasteiger partial charge in [-0.2, -0.15) is 4.31 Å². The fourth-order valence-electron chi connectivity index (χ4n) is 3.57. The Hall–Kier alpha value is -2.13. The van der Waals surface area contributed by atoms with Crippen molar-refractivity contribution in [2.45, 2.75) is 37.1 Å². The lowest BCUT2D eigenvalue weighted by Crippen LogP contribution is -2.55. The van der Waals surface area contributed by atoms with Gasteiger partial charge in [0.2, 0.25) is 10.0 Å². The fourth-order valence-corrected chi connectivity index (χ4v) is 5.10. The average molecular weight is 381 g/mol. The summed E-state index contributed by atoms with van der Waals surface area (Å²) in [6.07, 6.45) is 0.533. The highest BCUT2D eigenvalue weighted by atomic mass is 32.2. The molecule has 1 spiro atoms. The van der Waals surface area contributed by atoms with Gasteiger partial charge in [-0.05, 0) is 50.5 Å². The summed E-state index contributed by atoms with van der Waals surface area (Å²) >= 11 is 0. The maximum Gasteiger partial charge on any atom is 0.325 e. The first-order valence-corrected chi connectivity index (χ1v) is 9.98. The van der Waals surface area contributed by atoms with Crippen LogP contribution in [0.25, 0.3) is 0 Å². The molecule has 2 aliphatic heterocycles. The number of hydrogen-bond donors (Lipinski definition) is 1. The highest BCUT2D eigenvalue weighted by Gasteiger charge is 2.52. The van der Waals surface area contributed by atoms with Gasteiger partial charge in [0.1, 0.15) is 11.3 Å². The van der Waals surface area contributed by atoms with E-state index >= 15 is 0 Å². The number of hydrogen-bond acceptors (Lipinski definition) is 5. The van der Waals surface area contributed by atoms with Gasteiger partial charge in [-0.1, -0.05) is 0 Å². The predicted octanol–water partition coefficient (Wildman–Crippen LogP) is 1.10. The van der Waals surface area contributed by atoms with E-state index in [9.17, 15) is 18.0 Å². The maximum atomic E-state index is 12.9. The van der Waals surface area contributed by atoms with Gasteiger partial charge in [-0.15, -0.1) is 0 Å². The lowest BCUT2D eigenvalue weighted by Gasteiger charge is -2.36. The minimum absolute atomic E-state index is 0.178. The molecule has 8 nitrogen and oxygen atoms in total. The van der Waals surface area contributed by atoms with Crippen molar-refractivity contribution in [3.63, 3.8) is 0 Å². The Balaban J connectivity index is 1.78. The average Bonchev–Trinajstić information content (AvgIpc) is 2.84. The molecule has 0 atom stereocenters. The van der Waals surface area contributed by atoms with Crippen LogP contribution in [0, 0.1) is 6.92 Å². The molecule has 0 aromatic heterocycles. The van der Waals surface area contributed by atoms with Crippen LogP contribution in [0.3, 0.4) is 0 Å². The van der Waals surface area contributed by atoms with E-state index < -0.39 is 21.6 Å².